The van der Waals surface area contributed by atoms with Gasteiger partial charge in [0.15, 0.2) is 12.2 Å². The molecule has 8 aromatic rings. The summed E-state index contributed by atoms with van der Waals surface area (Å²) in [7, 11) is 5.39. The van der Waals surface area contributed by atoms with Crippen LogP contribution in [0.15, 0.2) is 170 Å². The summed E-state index contributed by atoms with van der Waals surface area (Å²) in [6.07, 6.45) is 3.47. The van der Waals surface area contributed by atoms with Crippen LogP contribution < -0.4 is 0 Å². The molecule has 8 aromatic carbocycles. The molecule has 15 nitrogen and oxygen atoms in total. The molecular formula is C73H82N2O13S. The zero-order valence-corrected chi connectivity index (χ0v) is 52.2. The number of methoxy groups -OCH3 is 1. The maximum atomic E-state index is 13.5. The Balaban J connectivity index is 0.000000702. The van der Waals surface area contributed by atoms with Crippen molar-refractivity contribution in [2.45, 2.75) is 95.7 Å². The number of carbonyl (C=O) groups is 7. The quantitative estimate of drug-likeness (QED) is 0.0161. The van der Waals surface area contributed by atoms with E-state index in [-0.39, 0.29) is 89.7 Å². The van der Waals surface area contributed by atoms with Gasteiger partial charge >= 0.3 is 29.8 Å². The highest BCUT2D eigenvalue weighted by atomic mass is 32.2. The topological polar surface area (TPSA) is 181 Å². The highest BCUT2D eigenvalue weighted by Crippen LogP contribution is 2.22. The molecule has 0 radical (unpaired) electrons. The zero-order valence-electron chi connectivity index (χ0n) is 51.4. The molecule has 0 aliphatic rings. The number of aldehydes is 1. The molecule has 0 heterocycles. The van der Waals surface area contributed by atoms with Gasteiger partial charge in [0.1, 0.15) is 26.1 Å². The second kappa shape index (κ2) is 37.4. The lowest BCUT2D eigenvalue weighted by atomic mass is 10.0. The largest absolute Gasteiger partial charge is 0.462 e. The fourth-order valence-corrected chi connectivity index (χ4v) is 10.8. The van der Waals surface area contributed by atoms with E-state index in [1.54, 1.807) is 4.90 Å². The van der Waals surface area contributed by atoms with Gasteiger partial charge in [-0.15, -0.1) is 0 Å². The zero-order chi connectivity index (χ0) is 63.0. The van der Waals surface area contributed by atoms with Crippen molar-refractivity contribution in [2.24, 2.45) is 0 Å². The number of thioether (sulfide) groups is 1. The van der Waals surface area contributed by atoms with E-state index in [1.807, 2.05) is 152 Å². The third kappa shape index (κ3) is 24.6. The number of rotatable bonds is 34. The first-order chi connectivity index (χ1) is 43.3. The van der Waals surface area contributed by atoms with Crippen LogP contribution in [0.3, 0.4) is 0 Å². The van der Waals surface area contributed by atoms with Crippen LogP contribution >= 0.6 is 11.8 Å². The number of carbonyl (C=O) groups excluding carboxylic acids is 7. The molecule has 0 fully saturated rings. The molecule has 0 aliphatic heterocycles. The van der Waals surface area contributed by atoms with Crippen LogP contribution in [0.4, 0.5) is 4.79 Å². The Morgan fingerprint density at radius 1 is 0.416 bits per heavy atom. The number of esters is 5. The smallest absolute Gasteiger partial charge is 0.306 e. The van der Waals surface area contributed by atoms with Crippen LogP contribution in [0.2, 0.25) is 0 Å². The number of aryl methyl sites for hydroxylation is 4. The first-order valence-corrected chi connectivity index (χ1v) is 31.5. The lowest BCUT2D eigenvalue weighted by Crippen LogP contribution is -2.33. The van der Waals surface area contributed by atoms with E-state index < -0.39 is 42.1 Å². The predicted octanol–water partition coefficient (Wildman–Crippen LogP) is 13.1. The first-order valence-electron chi connectivity index (χ1n) is 30.6. The Hall–Kier alpha value is -8.44. The summed E-state index contributed by atoms with van der Waals surface area (Å²) in [6.45, 7) is 0.455. The first kappa shape index (κ1) is 68.1. The van der Waals surface area contributed by atoms with E-state index in [2.05, 4.69) is 36.4 Å². The third-order valence-corrected chi connectivity index (χ3v) is 15.7. The average Bonchev–Trinajstić information content (AvgIpc) is 3.75. The minimum atomic E-state index is -1.07. The van der Waals surface area contributed by atoms with Crippen molar-refractivity contribution in [1.29, 1.82) is 0 Å². The summed E-state index contributed by atoms with van der Waals surface area (Å²) in [5.74, 6) is -1.97. The van der Waals surface area contributed by atoms with Crippen LogP contribution in [0.25, 0.3) is 43.1 Å². The van der Waals surface area contributed by atoms with Gasteiger partial charge in [0.25, 0.3) is 5.24 Å². The molecule has 89 heavy (non-hydrogen) atoms. The number of hydrogen-bond donors (Lipinski definition) is 0. The SMILES string of the molecule is COCC(COC(=O)CCc1ccc2ccccc2c1)OC(=O)CCCN(CCCC(=O)OC(COC(=O)CCc1ccc2ccccc2c1)COC(=O)CCc1ccc2ccccc2c1)C(=O)SCCCN(C)C.O=CCCc1ccc2ccccc2c1. The Bertz CT molecular complexity index is 3490. The van der Waals surface area contributed by atoms with Crippen LogP contribution in [0.5, 0.6) is 0 Å². The molecule has 468 valence electrons. The Kier molecular flexibility index (Phi) is 28.6. The van der Waals surface area contributed by atoms with Gasteiger partial charge in [-0.3, -0.25) is 28.8 Å². The van der Waals surface area contributed by atoms with Gasteiger partial charge in [0.2, 0.25) is 0 Å². The summed E-state index contributed by atoms with van der Waals surface area (Å²) >= 11 is 1.17. The lowest BCUT2D eigenvalue weighted by molar-refractivity contribution is -0.166. The Morgan fingerprint density at radius 3 is 1.11 bits per heavy atom. The van der Waals surface area contributed by atoms with Crippen molar-refractivity contribution in [3.63, 3.8) is 0 Å². The number of nitrogens with zero attached hydrogens (tertiary/aromatic N) is 2. The molecule has 1 atom stereocenters. The van der Waals surface area contributed by atoms with Gasteiger partial charge in [-0.1, -0.05) is 182 Å². The number of ether oxygens (including phenoxy) is 6. The molecule has 8 rings (SSSR count). The van der Waals surface area contributed by atoms with E-state index in [0.717, 1.165) is 74.7 Å². The monoisotopic (exact) mass is 1230 g/mol. The third-order valence-electron chi connectivity index (χ3n) is 14.8. The average molecular weight is 1230 g/mol. The molecule has 0 aliphatic carbocycles. The summed E-state index contributed by atoms with van der Waals surface area (Å²) in [5.41, 5.74) is 4.19. The molecule has 0 spiro atoms. The Morgan fingerprint density at radius 2 is 0.764 bits per heavy atom. The lowest BCUT2D eigenvalue weighted by Gasteiger charge is -2.23. The summed E-state index contributed by atoms with van der Waals surface area (Å²) in [5, 5.41) is 8.86. The second-order valence-electron chi connectivity index (χ2n) is 22.1. The van der Waals surface area contributed by atoms with Crippen LogP contribution in [0, 0.1) is 0 Å². The number of hydrogen-bond acceptors (Lipinski definition) is 15. The molecule has 0 N–H and O–H groups in total. The van der Waals surface area contributed by atoms with Crippen molar-refractivity contribution in [2.75, 3.05) is 73.0 Å². The van der Waals surface area contributed by atoms with Crippen LogP contribution in [-0.2, 0) is 82.9 Å². The number of benzene rings is 8. The number of fused-ring (bicyclic) bond motifs is 4. The maximum Gasteiger partial charge on any atom is 0.306 e. The molecule has 0 saturated heterocycles. The van der Waals surface area contributed by atoms with E-state index in [0.29, 0.717) is 31.4 Å². The fourth-order valence-electron chi connectivity index (χ4n) is 9.98. The van der Waals surface area contributed by atoms with Crippen LogP contribution in [-0.4, -0.2) is 136 Å². The summed E-state index contributed by atoms with van der Waals surface area (Å²) < 4.78 is 33.3. The minimum absolute atomic E-state index is 0.0170. The van der Waals surface area contributed by atoms with E-state index in [9.17, 15) is 33.6 Å². The molecule has 1 amide bonds. The van der Waals surface area contributed by atoms with Gasteiger partial charge in [-0.05, 0) is 131 Å². The van der Waals surface area contributed by atoms with Crippen molar-refractivity contribution < 1.29 is 62.0 Å². The highest BCUT2D eigenvalue weighted by molar-refractivity contribution is 8.13. The van der Waals surface area contributed by atoms with Gasteiger partial charge in [-0.25, -0.2) is 0 Å². The van der Waals surface area contributed by atoms with E-state index in [1.165, 1.54) is 35.2 Å². The van der Waals surface area contributed by atoms with E-state index in [4.69, 9.17) is 28.4 Å². The van der Waals surface area contributed by atoms with Gasteiger partial charge < -0.3 is 43.0 Å². The van der Waals surface area contributed by atoms with Gasteiger partial charge in [0.05, 0.1) is 6.61 Å². The van der Waals surface area contributed by atoms with Crippen molar-refractivity contribution >= 4 is 96.2 Å². The number of amides is 1. The molecular weight excluding hydrogens is 1140 g/mol. The van der Waals surface area contributed by atoms with Crippen molar-refractivity contribution in [3.8, 4) is 0 Å². The van der Waals surface area contributed by atoms with Crippen molar-refractivity contribution in [1.82, 2.24) is 9.80 Å². The van der Waals surface area contributed by atoms with Crippen LogP contribution in [0.1, 0.15) is 80.0 Å². The van der Waals surface area contributed by atoms with Crippen molar-refractivity contribution in [3.05, 3.63) is 192 Å². The molecule has 0 bridgehead atoms. The maximum absolute atomic E-state index is 13.5. The predicted molar refractivity (Wildman–Crippen MR) is 351 cm³/mol. The molecule has 16 heteroatoms. The normalized spacial score (nSPS) is 11.5. The van der Waals surface area contributed by atoms with Gasteiger partial charge in [-0.2, -0.15) is 0 Å². The molecule has 0 aromatic heterocycles. The summed E-state index contributed by atoms with van der Waals surface area (Å²) in [6, 6.07) is 56.7. The second-order valence-corrected chi connectivity index (χ2v) is 23.2. The fraction of sp³-hybridized carbons (Fsp3) is 0.356. The van der Waals surface area contributed by atoms with E-state index >= 15 is 0 Å². The summed E-state index contributed by atoms with van der Waals surface area (Å²) in [4.78, 5) is 92.5. The van der Waals surface area contributed by atoms with Gasteiger partial charge in [0, 0.05) is 64.5 Å². The molecule has 0 saturated carbocycles. The standard InChI is InChI=1S/C60H70N2O12S.C13H12O/c1-61(2)33-12-36-75-60(68)62(34-10-19-58(66)73-53(40-69-3)41-70-55(63)30-24-44-21-27-47-13-4-7-16-50(47)37-44)35-11-20-59(67)74-54(42-71-56(64)31-25-45-22-28-48-14-5-8-17-51(48)38-45)43-72-57(65)32-26-46-23-29-49-15-6-9-18-52(49)39-46;14-9-3-4-11-7-8-12-5-1-2-6-13(12)10-11/h4-9,13-18,21-23,27-29,37-39,53-54H,10-12,19-20,24-26,30-36,40-43H2,1-3H3;1-2,5-10H,3-4H2. The Labute approximate surface area is 526 Å². The minimum Gasteiger partial charge on any atom is -0.462 e. The molecule has 1 unspecified atom stereocenters. The highest BCUT2D eigenvalue weighted by Gasteiger charge is 2.23.